The highest BCUT2D eigenvalue weighted by Gasteiger charge is 2.48. The van der Waals surface area contributed by atoms with Crippen molar-refractivity contribution in [2.75, 3.05) is 18.9 Å². The number of hydrogen-bond donors (Lipinski definition) is 8. The molecule has 0 bridgehead atoms. The Morgan fingerprint density at radius 1 is 1.00 bits per heavy atom. The molecular weight excluding hydrogens is 485 g/mol. The van der Waals surface area contributed by atoms with Crippen LogP contribution in [0.15, 0.2) is 12.7 Å². The predicted octanol–water partition coefficient (Wildman–Crippen LogP) is -4.04. The van der Waals surface area contributed by atoms with Crippen molar-refractivity contribution >= 4 is 24.8 Å². The number of aliphatic hydroxyl groups is 6. The topological polar surface area (TPSA) is 265 Å². The van der Waals surface area contributed by atoms with Gasteiger partial charge in [0.15, 0.2) is 24.0 Å². The van der Waals surface area contributed by atoms with Crippen LogP contribution in [0.5, 0.6) is 0 Å². The molecule has 34 heavy (non-hydrogen) atoms. The number of anilines is 1. The molecule has 2 saturated heterocycles. The highest BCUT2D eigenvalue weighted by Crippen LogP contribution is 2.47. The fourth-order valence-corrected chi connectivity index (χ4v) is 4.47. The molecule has 17 nitrogen and oxygen atoms in total. The summed E-state index contributed by atoms with van der Waals surface area (Å²) in [6.07, 6.45) is -11.9. The van der Waals surface area contributed by atoms with Crippen LogP contribution in [-0.2, 0) is 23.1 Å². The van der Waals surface area contributed by atoms with Crippen molar-refractivity contribution in [2.45, 2.75) is 55.2 Å². The Labute approximate surface area is 190 Å². The predicted molar refractivity (Wildman–Crippen MR) is 106 cm³/mol. The highest BCUT2D eigenvalue weighted by molar-refractivity contribution is 7.47. The van der Waals surface area contributed by atoms with E-state index >= 15 is 0 Å². The number of aliphatic hydroxyl groups excluding tert-OH is 6. The van der Waals surface area contributed by atoms with Crippen molar-refractivity contribution in [2.24, 2.45) is 0 Å². The van der Waals surface area contributed by atoms with E-state index in [1.807, 2.05) is 0 Å². The molecule has 2 aromatic heterocycles. The van der Waals surface area contributed by atoms with Gasteiger partial charge in [-0.25, -0.2) is 19.5 Å². The van der Waals surface area contributed by atoms with E-state index in [2.05, 4.69) is 15.0 Å². The second-order valence-corrected chi connectivity index (χ2v) is 9.10. The largest absolute Gasteiger partial charge is 0.474 e. The van der Waals surface area contributed by atoms with Gasteiger partial charge in [0.05, 0.1) is 19.5 Å². The molecule has 0 radical (unpaired) electrons. The van der Waals surface area contributed by atoms with Gasteiger partial charge in [0.1, 0.15) is 54.6 Å². The highest BCUT2D eigenvalue weighted by atomic mass is 31.2. The molecule has 0 saturated carbocycles. The fraction of sp³-hybridized carbons (Fsp3) is 0.688. The number of phosphoric ester groups is 1. The second kappa shape index (κ2) is 9.65. The van der Waals surface area contributed by atoms with E-state index in [0.29, 0.717) is 0 Å². The summed E-state index contributed by atoms with van der Waals surface area (Å²) in [6.45, 7) is -1.52. The second-order valence-electron chi connectivity index (χ2n) is 7.70. The van der Waals surface area contributed by atoms with Crippen LogP contribution in [0.4, 0.5) is 5.82 Å². The van der Waals surface area contributed by atoms with Gasteiger partial charge in [-0.3, -0.25) is 13.6 Å². The van der Waals surface area contributed by atoms with Crippen LogP contribution in [0, 0.1) is 0 Å². The van der Waals surface area contributed by atoms with E-state index in [1.165, 1.54) is 17.2 Å². The summed E-state index contributed by atoms with van der Waals surface area (Å²) in [4.78, 5) is 21.9. The van der Waals surface area contributed by atoms with Crippen LogP contribution in [0.2, 0.25) is 0 Å². The maximum absolute atomic E-state index is 12.3. The maximum atomic E-state index is 12.3. The van der Waals surface area contributed by atoms with Crippen LogP contribution in [0.3, 0.4) is 0 Å². The van der Waals surface area contributed by atoms with E-state index in [1.54, 1.807) is 0 Å². The summed E-state index contributed by atoms with van der Waals surface area (Å²) in [6, 6.07) is 0. The number of rotatable bonds is 7. The van der Waals surface area contributed by atoms with Crippen LogP contribution >= 0.6 is 7.82 Å². The SMILES string of the molecule is Nc1ncnc2c1ncn2[C@@H]1O[C@H](COP(=O)(O)OC2O[C@H](CO)[C@@H](O)[C@H](O)[C@H]2O)[C@@H](O)[C@H]1O. The lowest BCUT2D eigenvalue weighted by Crippen LogP contribution is -2.58. The summed E-state index contributed by atoms with van der Waals surface area (Å²) in [5.41, 5.74) is 6.18. The molecule has 2 fully saturated rings. The Hall–Kier alpha value is -1.86. The van der Waals surface area contributed by atoms with Gasteiger partial charge in [0.25, 0.3) is 0 Å². The normalized spacial score (nSPS) is 38.3. The van der Waals surface area contributed by atoms with Crippen molar-refractivity contribution in [3.05, 3.63) is 12.7 Å². The summed E-state index contributed by atoms with van der Waals surface area (Å²) in [7, 11) is -4.99. The zero-order chi connectivity index (χ0) is 24.8. The molecule has 2 unspecified atom stereocenters. The zero-order valence-corrected chi connectivity index (χ0v) is 18.1. The first-order chi connectivity index (χ1) is 16.0. The van der Waals surface area contributed by atoms with Crippen LogP contribution in [0.25, 0.3) is 11.2 Å². The Balaban J connectivity index is 1.41. The molecule has 0 amide bonds. The Morgan fingerprint density at radius 2 is 1.71 bits per heavy atom. The Bertz CT molecular complexity index is 1060. The van der Waals surface area contributed by atoms with Gasteiger partial charge >= 0.3 is 7.82 Å². The first kappa shape index (κ1) is 25.2. The number of fused-ring (bicyclic) bond motifs is 1. The standard InChI is InChI=1S/C16H24N5O12P/c17-13-7-14(19-3-18-13)21(4-20-7)15-11(26)9(24)6(31-15)2-30-34(28,29)33-16-12(27)10(25)8(23)5(1-22)32-16/h3-6,8-12,15-16,22-27H,1-2H2,(H,28,29)(H2,17,18,19)/t5-,6-,8-,9-,10+,11-,12-,15-,16?/m1/s1. The van der Waals surface area contributed by atoms with Crippen molar-refractivity contribution in [1.82, 2.24) is 19.5 Å². The average molecular weight is 509 g/mol. The third kappa shape index (κ3) is 4.66. The number of phosphoric acid groups is 1. The number of aromatic nitrogens is 4. The molecule has 0 spiro atoms. The summed E-state index contributed by atoms with van der Waals surface area (Å²) >= 11 is 0. The van der Waals surface area contributed by atoms with Gasteiger partial charge < -0.3 is 50.7 Å². The van der Waals surface area contributed by atoms with Gasteiger partial charge in [-0.1, -0.05) is 0 Å². The van der Waals surface area contributed by atoms with E-state index in [0.717, 1.165) is 0 Å². The fourth-order valence-electron chi connectivity index (χ4n) is 3.64. The summed E-state index contributed by atoms with van der Waals surface area (Å²) in [5, 5.41) is 59.4. The third-order valence-corrected chi connectivity index (χ3v) is 6.44. The lowest BCUT2D eigenvalue weighted by atomic mass is 10.00. The molecule has 4 heterocycles. The van der Waals surface area contributed by atoms with Crippen LogP contribution in [-0.4, -0.2) is 117 Å². The van der Waals surface area contributed by atoms with Gasteiger partial charge in [0, 0.05) is 0 Å². The third-order valence-electron chi connectivity index (χ3n) is 5.49. The van der Waals surface area contributed by atoms with E-state index in [9.17, 15) is 40.1 Å². The first-order valence-corrected chi connectivity index (χ1v) is 11.4. The van der Waals surface area contributed by atoms with Gasteiger partial charge in [-0.05, 0) is 0 Å². The van der Waals surface area contributed by atoms with E-state index in [4.69, 9.17) is 24.3 Å². The minimum absolute atomic E-state index is 0.0863. The van der Waals surface area contributed by atoms with Crippen molar-refractivity contribution in [1.29, 1.82) is 0 Å². The van der Waals surface area contributed by atoms with Crippen molar-refractivity contribution < 1.29 is 58.6 Å². The summed E-state index contributed by atoms with van der Waals surface area (Å²) < 4.78 is 33.7. The van der Waals surface area contributed by atoms with E-state index in [-0.39, 0.29) is 17.0 Å². The zero-order valence-electron chi connectivity index (χ0n) is 17.3. The number of nitrogen functional groups attached to an aromatic ring is 1. The first-order valence-electron chi connectivity index (χ1n) is 9.95. The molecule has 2 aliphatic heterocycles. The number of hydrogen-bond acceptors (Lipinski definition) is 15. The molecule has 9 N–H and O–H groups in total. The molecule has 190 valence electrons. The molecule has 0 aliphatic carbocycles. The molecule has 2 aliphatic rings. The number of imidazole rings is 1. The molecule has 0 aromatic carbocycles. The van der Waals surface area contributed by atoms with Gasteiger partial charge in [-0.15, -0.1) is 0 Å². The summed E-state index contributed by atoms with van der Waals surface area (Å²) in [5.74, 6) is 0.0863. The van der Waals surface area contributed by atoms with Crippen LogP contribution in [0.1, 0.15) is 6.23 Å². The molecule has 2 aromatic rings. The van der Waals surface area contributed by atoms with Gasteiger partial charge in [-0.2, -0.15) is 0 Å². The van der Waals surface area contributed by atoms with Crippen molar-refractivity contribution in [3.8, 4) is 0 Å². The van der Waals surface area contributed by atoms with Gasteiger partial charge in [0.2, 0.25) is 0 Å². The van der Waals surface area contributed by atoms with E-state index < -0.39 is 76.3 Å². The number of nitrogens with zero attached hydrogens (tertiary/aromatic N) is 4. The lowest BCUT2D eigenvalue weighted by molar-refractivity contribution is -0.281. The number of nitrogens with two attached hydrogens (primary N) is 1. The minimum atomic E-state index is -4.99. The monoisotopic (exact) mass is 509 g/mol. The maximum Gasteiger partial charge on any atom is 0.474 e. The Morgan fingerprint density at radius 3 is 2.41 bits per heavy atom. The number of ether oxygens (including phenoxy) is 2. The average Bonchev–Trinajstić information content (AvgIpc) is 3.35. The van der Waals surface area contributed by atoms with Crippen LogP contribution < -0.4 is 5.73 Å². The van der Waals surface area contributed by atoms with Crippen molar-refractivity contribution in [3.63, 3.8) is 0 Å². The molecule has 10 atom stereocenters. The smallest absolute Gasteiger partial charge is 0.394 e. The minimum Gasteiger partial charge on any atom is -0.394 e. The molecular formula is C16H24N5O12P. The quantitative estimate of drug-likeness (QED) is 0.165. The molecule has 4 rings (SSSR count). The Kier molecular flexibility index (Phi) is 7.16. The molecule has 18 heteroatoms. The lowest BCUT2D eigenvalue weighted by Gasteiger charge is -2.39.